The molecule has 1 aromatic heterocycles. The Morgan fingerprint density at radius 1 is 0.682 bits per heavy atom. The van der Waals surface area contributed by atoms with Crippen LogP contribution in [0.5, 0.6) is 11.5 Å². The summed E-state index contributed by atoms with van der Waals surface area (Å²) in [4.78, 5) is 9.02. The highest BCUT2D eigenvalue weighted by atomic mass is 16.5. The molecule has 3 aromatic rings. The zero-order chi connectivity index (χ0) is 15.4. The van der Waals surface area contributed by atoms with E-state index in [4.69, 9.17) is 14.5 Å². The molecule has 3 rings (SSSR count). The Balaban J connectivity index is 2.10. The van der Waals surface area contributed by atoms with Gasteiger partial charge in [-0.3, -0.25) is 4.98 Å². The Morgan fingerprint density at radius 3 is 1.59 bits per heavy atom. The third kappa shape index (κ3) is 2.63. The molecule has 0 radical (unpaired) electrons. The van der Waals surface area contributed by atoms with Crippen LogP contribution in [-0.2, 0) is 0 Å². The average molecular weight is 292 g/mol. The van der Waals surface area contributed by atoms with Crippen molar-refractivity contribution >= 4 is 0 Å². The smallest absolute Gasteiger partial charge is 0.128 e. The van der Waals surface area contributed by atoms with Crippen molar-refractivity contribution in [1.29, 1.82) is 0 Å². The van der Waals surface area contributed by atoms with Gasteiger partial charge in [-0.15, -0.1) is 0 Å². The molecule has 0 N–H and O–H groups in total. The van der Waals surface area contributed by atoms with Crippen molar-refractivity contribution in [2.75, 3.05) is 14.2 Å². The fraction of sp³-hybridized carbons (Fsp3) is 0.111. The van der Waals surface area contributed by atoms with E-state index in [0.29, 0.717) is 0 Å². The number of methoxy groups -OCH3 is 2. The Hall–Kier alpha value is -2.88. The van der Waals surface area contributed by atoms with Crippen LogP contribution in [0.4, 0.5) is 0 Å². The van der Waals surface area contributed by atoms with Gasteiger partial charge in [0.1, 0.15) is 11.5 Å². The second kappa shape index (κ2) is 6.26. The van der Waals surface area contributed by atoms with Gasteiger partial charge >= 0.3 is 0 Å². The van der Waals surface area contributed by atoms with Gasteiger partial charge in [-0.25, -0.2) is 4.98 Å². The van der Waals surface area contributed by atoms with Crippen molar-refractivity contribution in [2.45, 2.75) is 0 Å². The van der Waals surface area contributed by atoms with E-state index in [1.54, 1.807) is 26.6 Å². The number of aromatic nitrogens is 2. The highest BCUT2D eigenvalue weighted by molar-refractivity contribution is 5.71. The van der Waals surface area contributed by atoms with Crippen LogP contribution in [0.1, 0.15) is 0 Å². The number of benzene rings is 2. The minimum absolute atomic E-state index is 0.765. The maximum absolute atomic E-state index is 5.40. The summed E-state index contributed by atoms with van der Waals surface area (Å²) in [5.41, 5.74) is 3.35. The Morgan fingerprint density at radius 2 is 1.14 bits per heavy atom. The number of ether oxygens (including phenoxy) is 2. The summed E-state index contributed by atoms with van der Waals surface area (Å²) in [5.74, 6) is 1.54. The lowest BCUT2D eigenvalue weighted by molar-refractivity contribution is 0.416. The number of hydrogen-bond donors (Lipinski definition) is 0. The van der Waals surface area contributed by atoms with E-state index < -0.39 is 0 Å². The first kappa shape index (κ1) is 14.1. The fourth-order valence-corrected chi connectivity index (χ4v) is 2.34. The van der Waals surface area contributed by atoms with E-state index in [2.05, 4.69) is 4.98 Å². The molecule has 0 fully saturated rings. The summed E-state index contributed by atoms with van der Waals surface area (Å²) < 4.78 is 10.8. The molecule has 0 aliphatic carbocycles. The van der Waals surface area contributed by atoms with Crippen LogP contribution in [0.25, 0.3) is 22.5 Å². The summed E-state index contributed by atoms with van der Waals surface area (Å²) >= 11 is 0. The molecule has 0 amide bonds. The molecule has 2 aromatic carbocycles. The summed E-state index contributed by atoms with van der Waals surface area (Å²) in [6.45, 7) is 0. The molecule has 1 heterocycles. The van der Waals surface area contributed by atoms with E-state index in [-0.39, 0.29) is 0 Å². The van der Waals surface area contributed by atoms with Gasteiger partial charge in [0.05, 0.1) is 38.0 Å². The molecular formula is C18H16N2O2. The van der Waals surface area contributed by atoms with Gasteiger partial charge in [-0.05, 0) is 24.3 Å². The Kier molecular flexibility index (Phi) is 4.01. The van der Waals surface area contributed by atoms with Crippen LogP contribution >= 0.6 is 0 Å². The molecule has 0 spiro atoms. The van der Waals surface area contributed by atoms with Crippen LogP contribution in [-0.4, -0.2) is 24.2 Å². The van der Waals surface area contributed by atoms with Crippen molar-refractivity contribution in [2.24, 2.45) is 0 Å². The average Bonchev–Trinajstić information content (AvgIpc) is 2.61. The molecule has 110 valence electrons. The van der Waals surface area contributed by atoms with Crippen molar-refractivity contribution < 1.29 is 9.47 Å². The maximum atomic E-state index is 5.40. The van der Waals surface area contributed by atoms with Gasteiger partial charge in [-0.1, -0.05) is 24.3 Å². The van der Waals surface area contributed by atoms with Crippen LogP contribution < -0.4 is 9.47 Å². The van der Waals surface area contributed by atoms with Gasteiger partial charge < -0.3 is 9.47 Å². The first-order valence-corrected chi connectivity index (χ1v) is 6.92. The number of hydrogen-bond acceptors (Lipinski definition) is 4. The third-order valence-electron chi connectivity index (χ3n) is 3.40. The molecule has 0 aliphatic rings. The highest BCUT2D eigenvalue weighted by Gasteiger charge is 2.11. The van der Waals surface area contributed by atoms with Crippen molar-refractivity contribution in [3.63, 3.8) is 0 Å². The van der Waals surface area contributed by atoms with E-state index in [0.717, 1.165) is 34.0 Å². The zero-order valence-electron chi connectivity index (χ0n) is 12.5. The minimum Gasteiger partial charge on any atom is -0.496 e. The third-order valence-corrected chi connectivity index (χ3v) is 3.40. The molecule has 0 saturated carbocycles. The minimum atomic E-state index is 0.765. The molecular weight excluding hydrogens is 276 g/mol. The van der Waals surface area contributed by atoms with Gasteiger partial charge in [0.25, 0.3) is 0 Å². The van der Waals surface area contributed by atoms with Crippen molar-refractivity contribution in [3.8, 4) is 34.0 Å². The predicted molar refractivity (Wildman–Crippen MR) is 86.0 cm³/mol. The molecule has 0 atom stereocenters. The second-order valence-electron chi connectivity index (χ2n) is 4.69. The van der Waals surface area contributed by atoms with Gasteiger partial charge in [-0.2, -0.15) is 0 Å². The lowest BCUT2D eigenvalue weighted by atomic mass is 10.1. The van der Waals surface area contributed by atoms with Gasteiger partial charge in [0, 0.05) is 11.1 Å². The predicted octanol–water partition coefficient (Wildman–Crippen LogP) is 3.83. The summed E-state index contributed by atoms with van der Waals surface area (Å²) in [6, 6.07) is 15.5. The normalized spacial score (nSPS) is 10.3. The monoisotopic (exact) mass is 292 g/mol. The van der Waals surface area contributed by atoms with E-state index >= 15 is 0 Å². The topological polar surface area (TPSA) is 44.2 Å². The van der Waals surface area contributed by atoms with E-state index in [1.807, 2.05) is 48.5 Å². The van der Waals surface area contributed by atoms with Crippen LogP contribution in [0.3, 0.4) is 0 Å². The highest BCUT2D eigenvalue weighted by Crippen LogP contribution is 2.31. The van der Waals surface area contributed by atoms with E-state index in [9.17, 15) is 0 Å². The van der Waals surface area contributed by atoms with Gasteiger partial charge in [0.2, 0.25) is 0 Å². The van der Waals surface area contributed by atoms with E-state index in [1.165, 1.54) is 0 Å². The fourth-order valence-electron chi connectivity index (χ4n) is 2.34. The second-order valence-corrected chi connectivity index (χ2v) is 4.69. The number of nitrogens with zero attached hydrogens (tertiary/aromatic N) is 2. The first-order chi connectivity index (χ1) is 10.8. The lowest BCUT2D eigenvalue weighted by Gasteiger charge is -2.10. The van der Waals surface area contributed by atoms with Crippen molar-refractivity contribution in [3.05, 3.63) is 60.9 Å². The van der Waals surface area contributed by atoms with Crippen LogP contribution in [0.2, 0.25) is 0 Å². The molecule has 4 nitrogen and oxygen atoms in total. The quantitative estimate of drug-likeness (QED) is 0.733. The Labute approximate surface area is 129 Å². The maximum Gasteiger partial charge on any atom is 0.128 e. The summed E-state index contributed by atoms with van der Waals surface area (Å²) in [5, 5.41) is 0. The van der Waals surface area contributed by atoms with Crippen LogP contribution in [0, 0.1) is 0 Å². The zero-order valence-corrected chi connectivity index (χ0v) is 12.5. The standard InChI is InChI=1S/C18H16N2O2/c1-21-17-9-5-3-7-13(17)15-11-19-12-16(20-15)14-8-4-6-10-18(14)22-2/h3-12H,1-2H3. The first-order valence-electron chi connectivity index (χ1n) is 6.92. The summed E-state index contributed by atoms with van der Waals surface area (Å²) in [7, 11) is 3.30. The van der Waals surface area contributed by atoms with Gasteiger partial charge in [0.15, 0.2) is 0 Å². The molecule has 0 saturated heterocycles. The molecule has 4 heteroatoms. The molecule has 22 heavy (non-hydrogen) atoms. The number of para-hydroxylation sites is 2. The SMILES string of the molecule is COc1ccccc1-c1cncc(-c2ccccc2OC)n1. The number of rotatable bonds is 4. The summed E-state index contributed by atoms with van der Waals surface area (Å²) in [6.07, 6.45) is 3.47. The Bertz CT molecular complexity index is 725. The molecule has 0 unspecified atom stereocenters. The molecule has 0 bridgehead atoms. The molecule has 0 aliphatic heterocycles. The van der Waals surface area contributed by atoms with Crippen molar-refractivity contribution in [1.82, 2.24) is 9.97 Å². The largest absolute Gasteiger partial charge is 0.496 e. The lowest BCUT2D eigenvalue weighted by Crippen LogP contribution is -1.94. The van der Waals surface area contributed by atoms with Crippen LogP contribution in [0.15, 0.2) is 60.9 Å².